The van der Waals surface area contributed by atoms with Crippen molar-refractivity contribution in [1.29, 1.82) is 5.26 Å². The molecule has 2 rings (SSSR count). The number of likely N-dealkylation sites (N-methyl/N-ethyl adjacent to an activating group) is 1. The Bertz CT molecular complexity index is 829. The van der Waals surface area contributed by atoms with Crippen LogP contribution in [0.4, 0.5) is 0 Å². The zero-order valence-corrected chi connectivity index (χ0v) is 15.8. The van der Waals surface area contributed by atoms with Gasteiger partial charge in [0.15, 0.2) is 12.7 Å². The molecule has 0 fully saturated rings. The van der Waals surface area contributed by atoms with Crippen molar-refractivity contribution >= 4 is 23.5 Å². The van der Waals surface area contributed by atoms with Gasteiger partial charge in [-0.3, -0.25) is 4.79 Å². The first-order chi connectivity index (χ1) is 12.9. The van der Waals surface area contributed by atoms with Crippen LogP contribution in [-0.2, 0) is 20.9 Å². The summed E-state index contributed by atoms with van der Waals surface area (Å²) in [6, 6.07) is 15.5. The van der Waals surface area contributed by atoms with Crippen molar-refractivity contribution < 1.29 is 19.1 Å². The zero-order valence-electron chi connectivity index (χ0n) is 15.0. The van der Waals surface area contributed by atoms with Crippen LogP contribution in [-0.4, -0.2) is 36.5 Å². The van der Waals surface area contributed by atoms with Crippen LogP contribution in [0.2, 0.25) is 5.02 Å². The number of esters is 1. The van der Waals surface area contributed by atoms with Crippen LogP contribution in [0.5, 0.6) is 5.75 Å². The van der Waals surface area contributed by atoms with E-state index in [1.54, 1.807) is 43.4 Å². The standard InChI is InChI=1S/C20H19ClN2O4/c1-14(27-18-9-5-15(11-22)6-10-18)20(25)26-13-19(24)23(2)12-16-3-7-17(21)8-4-16/h3-10,14H,12-13H2,1-2H3/t14-/m1/s1. The lowest BCUT2D eigenvalue weighted by Crippen LogP contribution is -2.34. The summed E-state index contributed by atoms with van der Waals surface area (Å²) in [5, 5.41) is 9.39. The van der Waals surface area contributed by atoms with E-state index in [4.69, 9.17) is 26.3 Å². The van der Waals surface area contributed by atoms with Crippen LogP contribution < -0.4 is 4.74 Å². The Labute approximate surface area is 162 Å². The molecule has 0 saturated heterocycles. The van der Waals surface area contributed by atoms with Gasteiger partial charge in [-0.25, -0.2) is 4.79 Å². The molecule has 2 aromatic rings. The maximum absolute atomic E-state index is 12.1. The molecule has 0 aliphatic heterocycles. The summed E-state index contributed by atoms with van der Waals surface area (Å²) < 4.78 is 10.5. The number of nitriles is 1. The third-order valence-electron chi connectivity index (χ3n) is 3.72. The molecule has 0 N–H and O–H groups in total. The van der Waals surface area contributed by atoms with Crippen LogP contribution >= 0.6 is 11.6 Å². The van der Waals surface area contributed by atoms with Gasteiger partial charge in [-0.2, -0.15) is 5.26 Å². The molecule has 0 radical (unpaired) electrons. The smallest absolute Gasteiger partial charge is 0.347 e. The highest BCUT2D eigenvalue weighted by atomic mass is 35.5. The fourth-order valence-corrected chi connectivity index (χ4v) is 2.30. The third kappa shape index (κ3) is 6.32. The molecular formula is C20H19ClN2O4. The van der Waals surface area contributed by atoms with Gasteiger partial charge in [-0.1, -0.05) is 23.7 Å². The quantitative estimate of drug-likeness (QED) is 0.683. The number of halogens is 1. The highest BCUT2D eigenvalue weighted by Crippen LogP contribution is 2.14. The fourth-order valence-electron chi connectivity index (χ4n) is 2.17. The number of hydrogen-bond acceptors (Lipinski definition) is 5. The molecule has 0 aliphatic rings. The molecule has 1 amide bonds. The Morgan fingerprint density at radius 1 is 1.15 bits per heavy atom. The average molecular weight is 387 g/mol. The summed E-state index contributed by atoms with van der Waals surface area (Å²) in [5.74, 6) is -0.541. The third-order valence-corrected chi connectivity index (χ3v) is 3.98. The molecule has 27 heavy (non-hydrogen) atoms. The number of carbonyl (C=O) groups is 2. The van der Waals surface area contributed by atoms with Crippen LogP contribution in [0.3, 0.4) is 0 Å². The minimum absolute atomic E-state index is 0.330. The van der Waals surface area contributed by atoms with E-state index in [1.807, 2.05) is 18.2 Å². The van der Waals surface area contributed by atoms with Crippen LogP contribution in [0.15, 0.2) is 48.5 Å². The molecule has 2 aromatic carbocycles. The van der Waals surface area contributed by atoms with E-state index in [0.29, 0.717) is 22.9 Å². The molecule has 0 spiro atoms. The second-order valence-corrected chi connectivity index (χ2v) is 6.32. The first kappa shape index (κ1) is 20.3. The van der Waals surface area contributed by atoms with Crippen LogP contribution in [0.25, 0.3) is 0 Å². The molecule has 140 valence electrons. The zero-order chi connectivity index (χ0) is 19.8. The molecule has 0 unspecified atom stereocenters. The molecule has 7 heteroatoms. The molecule has 1 atom stereocenters. The number of nitrogens with zero attached hydrogens (tertiary/aromatic N) is 2. The number of hydrogen-bond donors (Lipinski definition) is 0. The highest BCUT2D eigenvalue weighted by Gasteiger charge is 2.19. The number of rotatable bonds is 7. The second-order valence-electron chi connectivity index (χ2n) is 5.88. The van der Waals surface area contributed by atoms with Gasteiger partial charge in [0, 0.05) is 18.6 Å². The SMILES string of the molecule is C[C@@H](Oc1ccc(C#N)cc1)C(=O)OCC(=O)N(C)Cc1ccc(Cl)cc1. The van der Waals surface area contributed by atoms with Gasteiger partial charge in [0.1, 0.15) is 5.75 Å². The van der Waals surface area contributed by atoms with Gasteiger partial charge in [-0.05, 0) is 48.9 Å². The molecule has 0 bridgehead atoms. The molecule has 6 nitrogen and oxygen atoms in total. The molecule has 0 heterocycles. The van der Waals surface area contributed by atoms with Crippen LogP contribution in [0.1, 0.15) is 18.1 Å². The lowest BCUT2D eigenvalue weighted by molar-refractivity contribution is -0.157. The van der Waals surface area contributed by atoms with E-state index >= 15 is 0 Å². The van der Waals surface area contributed by atoms with Gasteiger partial charge in [0.2, 0.25) is 0 Å². The van der Waals surface area contributed by atoms with Crippen molar-refractivity contribution in [3.8, 4) is 11.8 Å². The van der Waals surface area contributed by atoms with Gasteiger partial charge in [-0.15, -0.1) is 0 Å². The van der Waals surface area contributed by atoms with Crippen molar-refractivity contribution in [3.63, 3.8) is 0 Å². The summed E-state index contributed by atoms with van der Waals surface area (Å²) in [4.78, 5) is 25.6. The minimum Gasteiger partial charge on any atom is -0.479 e. The van der Waals surface area contributed by atoms with Crippen LogP contribution in [0, 0.1) is 11.3 Å². The van der Waals surface area contributed by atoms with Crippen molar-refractivity contribution in [2.75, 3.05) is 13.7 Å². The molecule has 0 aliphatic carbocycles. The Balaban J connectivity index is 1.79. The first-order valence-corrected chi connectivity index (χ1v) is 8.58. The van der Waals surface area contributed by atoms with Gasteiger partial charge >= 0.3 is 5.97 Å². The van der Waals surface area contributed by atoms with Crippen molar-refractivity contribution in [2.24, 2.45) is 0 Å². The largest absolute Gasteiger partial charge is 0.479 e. The van der Waals surface area contributed by atoms with E-state index in [0.717, 1.165) is 5.56 Å². The second kappa shape index (κ2) is 9.60. The Hall–Kier alpha value is -3.04. The molecule has 0 aromatic heterocycles. The highest BCUT2D eigenvalue weighted by molar-refractivity contribution is 6.30. The maximum Gasteiger partial charge on any atom is 0.347 e. The first-order valence-electron chi connectivity index (χ1n) is 8.21. The summed E-state index contributed by atoms with van der Waals surface area (Å²) >= 11 is 5.83. The molecule has 0 saturated carbocycles. The fraction of sp³-hybridized carbons (Fsp3) is 0.250. The number of benzene rings is 2. The Kier molecular flexibility index (Phi) is 7.21. The summed E-state index contributed by atoms with van der Waals surface area (Å²) in [5.41, 5.74) is 1.41. The van der Waals surface area contributed by atoms with Gasteiger partial charge < -0.3 is 14.4 Å². The summed E-state index contributed by atoms with van der Waals surface area (Å²) in [6.07, 6.45) is -0.882. The van der Waals surface area contributed by atoms with Gasteiger partial charge in [0.05, 0.1) is 11.6 Å². The summed E-state index contributed by atoms with van der Waals surface area (Å²) in [7, 11) is 1.63. The van der Waals surface area contributed by atoms with E-state index in [9.17, 15) is 9.59 Å². The predicted molar refractivity (Wildman–Crippen MR) is 100 cm³/mol. The van der Waals surface area contributed by atoms with E-state index in [2.05, 4.69) is 0 Å². The van der Waals surface area contributed by atoms with E-state index < -0.39 is 12.1 Å². The maximum atomic E-state index is 12.1. The minimum atomic E-state index is -0.882. The lowest BCUT2D eigenvalue weighted by Gasteiger charge is -2.18. The van der Waals surface area contributed by atoms with Gasteiger partial charge in [0.25, 0.3) is 5.91 Å². The Morgan fingerprint density at radius 3 is 2.37 bits per heavy atom. The van der Waals surface area contributed by atoms with E-state index in [-0.39, 0.29) is 12.5 Å². The predicted octanol–water partition coefficient (Wildman–Crippen LogP) is 3.18. The van der Waals surface area contributed by atoms with Crippen molar-refractivity contribution in [1.82, 2.24) is 4.90 Å². The Morgan fingerprint density at radius 2 is 1.78 bits per heavy atom. The average Bonchev–Trinajstić information content (AvgIpc) is 2.68. The van der Waals surface area contributed by atoms with Crippen molar-refractivity contribution in [2.45, 2.75) is 19.6 Å². The number of ether oxygens (including phenoxy) is 2. The van der Waals surface area contributed by atoms with Crippen molar-refractivity contribution in [3.05, 3.63) is 64.7 Å². The lowest BCUT2D eigenvalue weighted by atomic mass is 10.2. The summed E-state index contributed by atoms with van der Waals surface area (Å²) in [6.45, 7) is 1.54. The normalized spacial score (nSPS) is 11.2. The number of amides is 1. The number of carbonyl (C=O) groups excluding carboxylic acids is 2. The molecular weight excluding hydrogens is 368 g/mol. The monoisotopic (exact) mass is 386 g/mol. The topological polar surface area (TPSA) is 79.6 Å². The van der Waals surface area contributed by atoms with E-state index in [1.165, 1.54) is 11.8 Å².